The van der Waals surface area contributed by atoms with E-state index in [1.165, 1.54) is 0 Å². The summed E-state index contributed by atoms with van der Waals surface area (Å²) in [5.41, 5.74) is 5.07. The predicted octanol–water partition coefficient (Wildman–Crippen LogP) is 2.89. The number of pyridine rings is 1. The molecule has 0 aliphatic heterocycles. The lowest BCUT2D eigenvalue weighted by Crippen LogP contribution is -2.54. The summed E-state index contributed by atoms with van der Waals surface area (Å²) < 4.78 is 0. The number of amides is 2. The quantitative estimate of drug-likeness (QED) is 0.450. The molecule has 0 saturated heterocycles. The number of nitrogens with one attached hydrogen (secondary N) is 2. The topological polar surface area (TPSA) is 112 Å². The van der Waals surface area contributed by atoms with E-state index in [4.69, 9.17) is 5.11 Å². The van der Waals surface area contributed by atoms with Crippen LogP contribution in [0.15, 0.2) is 54.7 Å². The average molecular weight is 455 g/mol. The van der Waals surface area contributed by atoms with Crippen molar-refractivity contribution < 1.29 is 19.5 Å². The number of rotatable bonds is 11. The summed E-state index contributed by atoms with van der Waals surface area (Å²) in [7, 11) is 0. The van der Waals surface area contributed by atoms with Crippen LogP contribution >= 0.6 is 0 Å². The Balaban J connectivity index is 2.45. The number of hydrogen-bond acceptors (Lipinski definition) is 5. The minimum atomic E-state index is -1.16. The summed E-state index contributed by atoms with van der Waals surface area (Å²) in [6.07, 6.45) is 1.53. The van der Waals surface area contributed by atoms with Crippen LogP contribution in [-0.4, -0.2) is 51.4 Å². The number of carbonyl (C=O) groups is 3. The standard InChI is InChI=1S/C25H34N4O4/c1-18(2)29(19(3)4)17-15-25(20-10-6-5-7-11-20,21-12-8-9-16-26-21)24(33)28-27-22(30)13-14-23(31)32/h5-12,16,18-19H,13-15,17H2,1-4H3,(H,27,30)(H,28,33)(H,31,32). The molecule has 8 heteroatoms. The second-order valence-corrected chi connectivity index (χ2v) is 8.56. The highest BCUT2D eigenvalue weighted by atomic mass is 16.4. The molecule has 0 spiro atoms. The minimum absolute atomic E-state index is 0.230. The molecular formula is C25H34N4O4. The minimum Gasteiger partial charge on any atom is -0.481 e. The Hall–Kier alpha value is -3.26. The zero-order valence-corrected chi connectivity index (χ0v) is 19.7. The molecule has 2 aromatic rings. The van der Waals surface area contributed by atoms with E-state index in [9.17, 15) is 14.4 Å². The summed E-state index contributed by atoms with van der Waals surface area (Å²) in [5, 5.41) is 8.80. The molecule has 0 bridgehead atoms. The Morgan fingerprint density at radius 1 is 0.939 bits per heavy atom. The fourth-order valence-corrected chi connectivity index (χ4v) is 4.04. The van der Waals surface area contributed by atoms with Crippen molar-refractivity contribution in [2.75, 3.05) is 6.54 Å². The van der Waals surface area contributed by atoms with Gasteiger partial charge in [0.2, 0.25) is 5.91 Å². The molecular weight excluding hydrogens is 420 g/mol. The van der Waals surface area contributed by atoms with Crippen molar-refractivity contribution in [3.05, 3.63) is 66.0 Å². The van der Waals surface area contributed by atoms with E-state index >= 15 is 0 Å². The van der Waals surface area contributed by atoms with Gasteiger partial charge >= 0.3 is 5.97 Å². The molecule has 1 unspecified atom stereocenters. The summed E-state index contributed by atoms with van der Waals surface area (Å²) in [5.74, 6) is -2.07. The van der Waals surface area contributed by atoms with E-state index in [1.54, 1.807) is 12.3 Å². The number of carboxylic acid groups (broad SMARTS) is 1. The zero-order chi connectivity index (χ0) is 24.4. The Morgan fingerprint density at radius 2 is 1.58 bits per heavy atom. The first-order chi connectivity index (χ1) is 15.7. The van der Waals surface area contributed by atoms with Gasteiger partial charge in [0.05, 0.1) is 12.1 Å². The Bertz CT molecular complexity index is 869. The van der Waals surface area contributed by atoms with Gasteiger partial charge in [0.1, 0.15) is 5.41 Å². The summed E-state index contributed by atoms with van der Waals surface area (Å²) in [6.45, 7) is 9.10. The van der Waals surface area contributed by atoms with Crippen LogP contribution in [0, 0.1) is 0 Å². The molecule has 1 aromatic heterocycles. The Labute approximate surface area is 195 Å². The number of benzene rings is 1. The molecule has 0 aliphatic rings. The van der Waals surface area contributed by atoms with Gasteiger partial charge in [-0.25, -0.2) is 0 Å². The van der Waals surface area contributed by atoms with Crippen molar-refractivity contribution in [2.45, 2.75) is 64.5 Å². The van der Waals surface area contributed by atoms with Gasteiger partial charge in [0.15, 0.2) is 0 Å². The lowest BCUT2D eigenvalue weighted by Gasteiger charge is -2.37. The number of carbonyl (C=O) groups excluding carboxylic acids is 2. The normalized spacial score (nSPS) is 13.1. The molecule has 3 N–H and O–H groups in total. The van der Waals surface area contributed by atoms with E-state index in [2.05, 4.69) is 48.4 Å². The summed E-state index contributed by atoms with van der Waals surface area (Å²) in [6, 6.07) is 15.4. The van der Waals surface area contributed by atoms with Gasteiger partial charge in [-0.3, -0.25) is 35.1 Å². The molecule has 0 fully saturated rings. The molecule has 178 valence electrons. The Morgan fingerprint density at radius 3 is 2.12 bits per heavy atom. The first-order valence-electron chi connectivity index (χ1n) is 11.2. The van der Waals surface area contributed by atoms with Crippen molar-refractivity contribution in [2.24, 2.45) is 0 Å². The maximum Gasteiger partial charge on any atom is 0.303 e. The molecule has 0 aliphatic carbocycles. The molecule has 1 aromatic carbocycles. The van der Waals surface area contributed by atoms with Crippen molar-refractivity contribution in [3.63, 3.8) is 0 Å². The number of nitrogens with zero attached hydrogens (tertiary/aromatic N) is 2. The van der Waals surface area contributed by atoms with Gasteiger partial charge in [-0.15, -0.1) is 0 Å². The van der Waals surface area contributed by atoms with Crippen LogP contribution in [0.3, 0.4) is 0 Å². The SMILES string of the molecule is CC(C)N(CCC(C(=O)NNC(=O)CCC(=O)O)(c1ccccc1)c1ccccn1)C(C)C. The highest BCUT2D eigenvalue weighted by Crippen LogP contribution is 2.35. The number of carboxylic acids is 1. The highest BCUT2D eigenvalue weighted by molar-refractivity contribution is 5.93. The highest BCUT2D eigenvalue weighted by Gasteiger charge is 2.44. The predicted molar refractivity (Wildman–Crippen MR) is 126 cm³/mol. The average Bonchev–Trinajstić information content (AvgIpc) is 2.79. The summed E-state index contributed by atoms with van der Waals surface area (Å²) >= 11 is 0. The number of hydrogen-bond donors (Lipinski definition) is 3. The van der Waals surface area contributed by atoms with Crippen molar-refractivity contribution >= 4 is 17.8 Å². The van der Waals surface area contributed by atoms with Crippen LogP contribution in [0.1, 0.15) is 58.2 Å². The molecule has 33 heavy (non-hydrogen) atoms. The summed E-state index contributed by atoms with van der Waals surface area (Å²) in [4.78, 5) is 43.4. The van der Waals surface area contributed by atoms with Crippen LogP contribution in [0.4, 0.5) is 0 Å². The van der Waals surface area contributed by atoms with Gasteiger partial charge in [0.25, 0.3) is 5.91 Å². The lowest BCUT2D eigenvalue weighted by atomic mass is 9.73. The van der Waals surface area contributed by atoms with Gasteiger partial charge in [-0.05, 0) is 51.8 Å². The second-order valence-electron chi connectivity index (χ2n) is 8.56. The molecule has 2 rings (SSSR count). The van der Waals surface area contributed by atoms with Crippen molar-refractivity contribution in [3.8, 4) is 0 Å². The van der Waals surface area contributed by atoms with E-state index in [0.717, 1.165) is 5.56 Å². The number of aliphatic carboxylic acids is 1. The Kier molecular flexibility index (Phi) is 9.54. The number of hydrazine groups is 1. The maximum absolute atomic E-state index is 13.8. The second kappa shape index (κ2) is 12.1. The first-order valence-corrected chi connectivity index (χ1v) is 11.2. The van der Waals surface area contributed by atoms with Crippen LogP contribution < -0.4 is 10.9 Å². The molecule has 8 nitrogen and oxygen atoms in total. The largest absolute Gasteiger partial charge is 0.481 e. The third-order valence-electron chi connectivity index (χ3n) is 5.71. The fraction of sp³-hybridized carbons (Fsp3) is 0.440. The van der Waals surface area contributed by atoms with Crippen molar-refractivity contribution in [1.29, 1.82) is 0 Å². The molecule has 2 amide bonds. The van der Waals surface area contributed by atoms with Gasteiger partial charge in [-0.2, -0.15) is 0 Å². The number of aromatic nitrogens is 1. The monoisotopic (exact) mass is 454 g/mol. The molecule has 1 heterocycles. The fourth-order valence-electron chi connectivity index (χ4n) is 4.04. The molecule has 0 radical (unpaired) electrons. The van der Waals surface area contributed by atoms with E-state index < -0.39 is 23.2 Å². The van der Waals surface area contributed by atoms with Crippen molar-refractivity contribution in [1.82, 2.24) is 20.7 Å². The van der Waals surface area contributed by atoms with Gasteiger partial charge in [-0.1, -0.05) is 36.4 Å². The first kappa shape index (κ1) is 26.0. The van der Waals surface area contributed by atoms with Crippen LogP contribution in [0.2, 0.25) is 0 Å². The van der Waals surface area contributed by atoms with Crippen LogP contribution in [-0.2, 0) is 19.8 Å². The third-order valence-corrected chi connectivity index (χ3v) is 5.71. The van der Waals surface area contributed by atoms with E-state index in [-0.39, 0.29) is 24.9 Å². The van der Waals surface area contributed by atoms with E-state index in [0.29, 0.717) is 18.7 Å². The third kappa shape index (κ3) is 6.86. The molecule has 1 atom stereocenters. The van der Waals surface area contributed by atoms with Gasteiger partial charge < -0.3 is 5.11 Å². The van der Waals surface area contributed by atoms with Crippen LogP contribution in [0.25, 0.3) is 0 Å². The molecule has 0 saturated carbocycles. The van der Waals surface area contributed by atoms with E-state index in [1.807, 2.05) is 42.5 Å². The lowest BCUT2D eigenvalue weighted by molar-refractivity contribution is -0.139. The maximum atomic E-state index is 13.8. The zero-order valence-electron chi connectivity index (χ0n) is 19.7. The van der Waals surface area contributed by atoms with Crippen LogP contribution in [0.5, 0.6) is 0 Å². The van der Waals surface area contributed by atoms with Gasteiger partial charge in [0, 0.05) is 31.2 Å². The smallest absolute Gasteiger partial charge is 0.303 e.